The van der Waals surface area contributed by atoms with Gasteiger partial charge in [0.1, 0.15) is 11.6 Å². The van der Waals surface area contributed by atoms with Crippen LogP contribution in [0.5, 0.6) is 0 Å². The highest BCUT2D eigenvalue weighted by Gasteiger charge is 2.19. The molecule has 170 valence electrons. The van der Waals surface area contributed by atoms with Crippen LogP contribution in [0.25, 0.3) is 0 Å². The monoisotopic (exact) mass is 424 g/mol. The van der Waals surface area contributed by atoms with Crippen molar-refractivity contribution >= 4 is 0 Å². The van der Waals surface area contributed by atoms with Crippen molar-refractivity contribution in [3.05, 3.63) is 52.6 Å². The van der Waals surface area contributed by atoms with Crippen LogP contribution >= 0.6 is 0 Å². The molecule has 0 aromatic carbocycles. The highest BCUT2D eigenvalue weighted by molar-refractivity contribution is 5.20. The van der Waals surface area contributed by atoms with Crippen molar-refractivity contribution in [1.29, 1.82) is 0 Å². The molecule has 0 N–H and O–H groups in total. The number of rotatable bonds is 9. The maximum atomic E-state index is 4.85. The minimum atomic E-state index is 0.447. The molecule has 3 heterocycles. The minimum absolute atomic E-state index is 0.447. The summed E-state index contributed by atoms with van der Waals surface area (Å²) in [5, 5.41) is 0. The van der Waals surface area contributed by atoms with E-state index in [1.807, 2.05) is 6.33 Å². The van der Waals surface area contributed by atoms with E-state index in [1.54, 1.807) is 0 Å². The van der Waals surface area contributed by atoms with E-state index in [0.717, 1.165) is 31.4 Å². The molecule has 3 rings (SSSR count). The number of aryl methyl sites for hydroxylation is 5. The van der Waals surface area contributed by atoms with Crippen LogP contribution in [-0.2, 0) is 34.0 Å². The molecule has 2 atom stereocenters. The SMILES string of the molecule is Cc1ncn(C)c1C(C)CCc1ncc(C(C)CCc2nc(C)c(C(C)C)n2C)n1C. The Hall–Kier alpha value is -2.37. The summed E-state index contributed by atoms with van der Waals surface area (Å²) in [6, 6.07) is 0. The molecule has 6 heteroatoms. The Balaban J connectivity index is 1.62. The fourth-order valence-electron chi connectivity index (χ4n) is 5.13. The summed E-state index contributed by atoms with van der Waals surface area (Å²) in [5.74, 6) is 3.77. The number of aromatic nitrogens is 6. The molecule has 6 nitrogen and oxygen atoms in total. The number of imidazole rings is 3. The van der Waals surface area contributed by atoms with Gasteiger partial charge in [0, 0.05) is 57.3 Å². The standard InChI is InChI=1S/C25H40N6/c1-16(2)24-20(6)28-23(31(24)9)13-10-17(3)21-14-26-22(30(21)8)12-11-18(4)25-19(5)27-15-29(25)7/h14-18H,10-13H2,1-9H3. The molecule has 0 aliphatic heterocycles. The van der Waals surface area contributed by atoms with E-state index in [4.69, 9.17) is 9.97 Å². The first-order valence-corrected chi connectivity index (χ1v) is 11.6. The van der Waals surface area contributed by atoms with Crippen LogP contribution in [0.3, 0.4) is 0 Å². The molecular formula is C25H40N6. The number of nitrogens with zero attached hydrogens (tertiary/aromatic N) is 6. The van der Waals surface area contributed by atoms with Crippen molar-refractivity contribution in [2.45, 2.75) is 85.0 Å². The van der Waals surface area contributed by atoms with Gasteiger partial charge in [0.05, 0.1) is 17.7 Å². The Morgan fingerprint density at radius 1 is 0.774 bits per heavy atom. The molecule has 0 radical (unpaired) electrons. The number of hydrogen-bond donors (Lipinski definition) is 0. The van der Waals surface area contributed by atoms with Gasteiger partial charge in [0.25, 0.3) is 0 Å². The van der Waals surface area contributed by atoms with Gasteiger partial charge in [-0.2, -0.15) is 0 Å². The summed E-state index contributed by atoms with van der Waals surface area (Å²) in [6.07, 6.45) is 8.10. The lowest BCUT2D eigenvalue weighted by molar-refractivity contribution is 0.577. The van der Waals surface area contributed by atoms with Gasteiger partial charge in [-0.1, -0.05) is 27.7 Å². The van der Waals surface area contributed by atoms with Crippen LogP contribution < -0.4 is 0 Å². The van der Waals surface area contributed by atoms with Crippen molar-refractivity contribution in [2.75, 3.05) is 0 Å². The zero-order chi connectivity index (χ0) is 22.9. The zero-order valence-corrected chi connectivity index (χ0v) is 20.9. The fourth-order valence-corrected chi connectivity index (χ4v) is 5.13. The first-order valence-electron chi connectivity index (χ1n) is 11.6. The molecule has 2 unspecified atom stereocenters. The lowest BCUT2D eigenvalue weighted by Gasteiger charge is -2.16. The third-order valence-corrected chi connectivity index (χ3v) is 6.83. The lowest BCUT2D eigenvalue weighted by Crippen LogP contribution is -2.09. The Labute approximate surface area is 187 Å². The van der Waals surface area contributed by atoms with Gasteiger partial charge >= 0.3 is 0 Å². The first kappa shape index (κ1) is 23.3. The zero-order valence-electron chi connectivity index (χ0n) is 20.9. The van der Waals surface area contributed by atoms with Gasteiger partial charge in [-0.25, -0.2) is 15.0 Å². The normalized spacial score (nSPS) is 13.9. The van der Waals surface area contributed by atoms with Crippen molar-refractivity contribution in [2.24, 2.45) is 21.1 Å². The third-order valence-electron chi connectivity index (χ3n) is 6.83. The van der Waals surface area contributed by atoms with Crippen molar-refractivity contribution in [1.82, 2.24) is 28.7 Å². The topological polar surface area (TPSA) is 53.5 Å². The van der Waals surface area contributed by atoms with E-state index in [9.17, 15) is 0 Å². The van der Waals surface area contributed by atoms with Crippen LogP contribution in [-0.4, -0.2) is 28.7 Å². The largest absolute Gasteiger partial charge is 0.337 e. The highest BCUT2D eigenvalue weighted by Crippen LogP contribution is 2.26. The smallest absolute Gasteiger partial charge is 0.108 e. The maximum absolute atomic E-state index is 4.85. The Bertz CT molecular complexity index is 1000. The van der Waals surface area contributed by atoms with Gasteiger partial charge in [-0.3, -0.25) is 0 Å². The highest BCUT2D eigenvalue weighted by atomic mass is 15.1. The van der Waals surface area contributed by atoms with E-state index in [1.165, 1.54) is 34.4 Å². The average molecular weight is 425 g/mol. The fraction of sp³-hybridized carbons (Fsp3) is 0.640. The summed E-state index contributed by atoms with van der Waals surface area (Å²) < 4.78 is 6.75. The van der Waals surface area contributed by atoms with E-state index < -0.39 is 0 Å². The molecule has 0 saturated heterocycles. The predicted molar refractivity (Wildman–Crippen MR) is 127 cm³/mol. The number of hydrogen-bond acceptors (Lipinski definition) is 3. The molecule has 0 aliphatic rings. The molecule has 0 bridgehead atoms. The van der Waals surface area contributed by atoms with Gasteiger partial charge in [-0.15, -0.1) is 0 Å². The van der Waals surface area contributed by atoms with Crippen molar-refractivity contribution in [3.8, 4) is 0 Å². The minimum Gasteiger partial charge on any atom is -0.337 e. The molecule has 31 heavy (non-hydrogen) atoms. The van der Waals surface area contributed by atoms with Crippen molar-refractivity contribution < 1.29 is 0 Å². The van der Waals surface area contributed by atoms with Crippen LogP contribution in [0.1, 0.15) is 98.4 Å². The van der Waals surface area contributed by atoms with Gasteiger partial charge in [0.15, 0.2) is 0 Å². The molecule has 0 amide bonds. The maximum Gasteiger partial charge on any atom is 0.108 e. The van der Waals surface area contributed by atoms with E-state index >= 15 is 0 Å². The molecule has 3 aromatic rings. The summed E-state index contributed by atoms with van der Waals surface area (Å²) >= 11 is 0. The van der Waals surface area contributed by atoms with Gasteiger partial charge in [-0.05, 0) is 44.4 Å². The van der Waals surface area contributed by atoms with E-state index in [-0.39, 0.29) is 0 Å². The predicted octanol–water partition coefficient (Wildman–Crippen LogP) is 5.10. The van der Waals surface area contributed by atoms with Crippen LogP contribution in [0.4, 0.5) is 0 Å². The summed E-state index contributed by atoms with van der Waals surface area (Å²) in [5.41, 5.74) is 6.29. The van der Waals surface area contributed by atoms with E-state index in [0.29, 0.717) is 17.8 Å². The Morgan fingerprint density at radius 3 is 2.00 bits per heavy atom. The quantitative estimate of drug-likeness (QED) is 0.480. The summed E-state index contributed by atoms with van der Waals surface area (Å²) in [6.45, 7) is 13.3. The van der Waals surface area contributed by atoms with Crippen LogP contribution in [0.15, 0.2) is 12.5 Å². The second-order valence-electron chi connectivity index (χ2n) is 9.58. The van der Waals surface area contributed by atoms with Crippen LogP contribution in [0, 0.1) is 13.8 Å². The van der Waals surface area contributed by atoms with Gasteiger partial charge < -0.3 is 13.7 Å². The molecule has 0 aliphatic carbocycles. The molecule has 3 aromatic heterocycles. The second-order valence-corrected chi connectivity index (χ2v) is 9.58. The van der Waals surface area contributed by atoms with E-state index in [2.05, 4.69) is 87.6 Å². The molecule has 0 fully saturated rings. The lowest BCUT2D eigenvalue weighted by atomic mass is 9.99. The molecular weight excluding hydrogens is 384 g/mol. The van der Waals surface area contributed by atoms with Gasteiger partial charge in [0.2, 0.25) is 0 Å². The third kappa shape index (κ3) is 4.78. The molecule has 0 saturated carbocycles. The second kappa shape index (κ2) is 9.41. The Kier molecular flexibility index (Phi) is 7.07. The summed E-state index contributed by atoms with van der Waals surface area (Å²) in [7, 11) is 6.40. The first-order chi connectivity index (χ1) is 14.6. The summed E-state index contributed by atoms with van der Waals surface area (Å²) in [4.78, 5) is 14.1. The average Bonchev–Trinajstić information content (AvgIpc) is 3.33. The Morgan fingerprint density at radius 2 is 1.42 bits per heavy atom. The van der Waals surface area contributed by atoms with Crippen LogP contribution in [0.2, 0.25) is 0 Å². The molecule has 0 spiro atoms. The van der Waals surface area contributed by atoms with Crippen molar-refractivity contribution in [3.63, 3.8) is 0 Å².